The van der Waals surface area contributed by atoms with Gasteiger partial charge in [0.05, 0.1) is 6.61 Å². The van der Waals surface area contributed by atoms with E-state index in [1.165, 1.54) is 12.1 Å². The summed E-state index contributed by atoms with van der Waals surface area (Å²) in [5, 5.41) is 5.55. The maximum atomic E-state index is 12.7. The monoisotopic (exact) mass is 338 g/mol. The number of amides is 2. The lowest BCUT2D eigenvalue weighted by Crippen LogP contribution is -2.37. The van der Waals surface area contributed by atoms with Crippen LogP contribution in [0.25, 0.3) is 0 Å². The highest BCUT2D eigenvalue weighted by Gasteiger charge is 2.20. The van der Waals surface area contributed by atoms with Crippen molar-refractivity contribution >= 4 is 11.8 Å². The molecule has 0 fully saturated rings. The molecule has 0 saturated heterocycles. The molecule has 0 radical (unpaired) electrons. The Labute approximate surface area is 143 Å². The van der Waals surface area contributed by atoms with E-state index in [9.17, 15) is 14.0 Å². The van der Waals surface area contributed by atoms with E-state index in [2.05, 4.69) is 10.6 Å². The number of hydrogen-bond acceptors (Lipinski definition) is 3. The normalized spacial score (nSPS) is 11.0. The lowest BCUT2D eigenvalue weighted by molar-refractivity contribution is -0.128. The molecule has 0 saturated carbocycles. The summed E-state index contributed by atoms with van der Waals surface area (Å²) in [6.07, 6.45) is 1.85. The third-order valence-corrected chi connectivity index (χ3v) is 3.29. The minimum atomic E-state index is -0.443. The average Bonchev–Trinajstić information content (AvgIpc) is 2.51. The van der Waals surface area contributed by atoms with Crippen LogP contribution in [-0.2, 0) is 9.59 Å². The van der Waals surface area contributed by atoms with Crippen molar-refractivity contribution in [2.45, 2.75) is 40.0 Å². The summed E-state index contributed by atoms with van der Waals surface area (Å²) >= 11 is 0. The highest BCUT2D eigenvalue weighted by molar-refractivity contribution is 5.82. The minimum absolute atomic E-state index is 0.0618. The second-order valence-electron chi connectivity index (χ2n) is 6.62. The van der Waals surface area contributed by atoms with Crippen molar-refractivity contribution in [1.82, 2.24) is 10.6 Å². The van der Waals surface area contributed by atoms with Crippen molar-refractivity contribution < 1.29 is 18.7 Å². The van der Waals surface area contributed by atoms with Gasteiger partial charge in [-0.25, -0.2) is 4.39 Å². The zero-order chi connectivity index (χ0) is 18.0. The summed E-state index contributed by atoms with van der Waals surface area (Å²) in [6.45, 7) is 6.92. The van der Waals surface area contributed by atoms with Crippen LogP contribution in [0, 0.1) is 11.2 Å². The summed E-state index contributed by atoms with van der Waals surface area (Å²) in [6, 6.07) is 5.88. The third-order valence-electron chi connectivity index (χ3n) is 3.29. The van der Waals surface area contributed by atoms with Crippen molar-refractivity contribution in [2.24, 2.45) is 5.41 Å². The molecule has 0 heterocycles. The molecule has 24 heavy (non-hydrogen) atoms. The summed E-state index contributed by atoms with van der Waals surface area (Å²) in [7, 11) is 0. The highest BCUT2D eigenvalue weighted by Crippen LogP contribution is 2.12. The number of hydrogen-bond donors (Lipinski definition) is 2. The number of rotatable bonds is 9. The zero-order valence-electron chi connectivity index (χ0n) is 14.7. The first-order chi connectivity index (χ1) is 11.3. The first kappa shape index (κ1) is 19.9. The predicted octanol–water partition coefficient (Wildman–Crippen LogP) is 2.65. The Kier molecular flexibility index (Phi) is 8.22. The van der Waals surface area contributed by atoms with E-state index >= 15 is 0 Å². The van der Waals surface area contributed by atoms with Gasteiger partial charge in [-0.15, -0.1) is 0 Å². The second-order valence-corrected chi connectivity index (χ2v) is 6.62. The molecule has 0 aliphatic carbocycles. The van der Waals surface area contributed by atoms with Crippen molar-refractivity contribution in [3.05, 3.63) is 30.1 Å². The van der Waals surface area contributed by atoms with Gasteiger partial charge in [0.25, 0.3) is 0 Å². The van der Waals surface area contributed by atoms with E-state index < -0.39 is 5.41 Å². The maximum Gasteiger partial charge on any atom is 0.225 e. The van der Waals surface area contributed by atoms with E-state index in [0.29, 0.717) is 25.4 Å². The first-order valence-corrected chi connectivity index (χ1v) is 8.22. The van der Waals surface area contributed by atoms with E-state index in [1.807, 2.05) is 20.8 Å². The second kappa shape index (κ2) is 9.90. The Morgan fingerprint density at radius 3 is 2.33 bits per heavy atom. The van der Waals surface area contributed by atoms with E-state index in [1.54, 1.807) is 12.1 Å². The number of unbranched alkanes of at least 4 members (excludes halogenated alkanes) is 1. The Bertz CT molecular complexity index is 524. The summed E-state index contributed by atoms with van der Waals surface area (Å²) in [4.78, 5) is 23.3. The van der Waals surface area contributed by atoms with Crippen LogP contribution in [0.2, 0.25) is 0 Å². The van der Waals surface area contributed by atoms with E-state index in [4.69, 9.17) is 4.74 Å². The molecule has 0 aromatic heterocycles. The van der Waals surface area contributed by atoms with Crippen LogP contribution in [0.3, 0.4) is 0 Å². The van der Waals surface area contributed by atoms with Crippen molar-refractivity contribution in [3.63, 3.8) is 0 Å². The Hall–Kier alpha value is -2.11. The molecular weight excluding hydrogens is 311 g/mol. The van der Waals surface area contributed by atoms with Gasteiger partial charge >= 0.3 is 0 Å². The number of nitrogens with one attached hydrogen (secondary N) is 2. The largest absolute Gasteiger partial charge is 0.494 e. The van der Waals surface area contributed by atoms with Gasteiger partial charge in [0.15, 0.2) is 0 Å². The van der Waals surface area contributed by atoms with Gasteiger partial charge in [0.1, 0.15) is 11.6 Å². The van der Waals surface area contributed by atoms with E-state index in [-0.39, 0.29) is 24.1 Å². The quantitative estimate of drug-likeness (QED) is 0.680. The van der Waals surface area contributed by atoms with Gasteiger partial charge in [-0.1, -0.05) is 20.8 Å². The molecule has 1 aromatic carbocycles. The smallest absolute Gasteiger partial charge is 0.225 e. The number of benzene rings is 1. The fraction of sp³-hybridized carbons (Fsp3) is 0.556. The van der Waals surface area contributed by atoms with Gasteiger partial charge < -0.3 is 15.4 Å². The zero-order valence-corrected chi connectivity index (χ0v) is 14.7. The molecule has 2 N–H and O–H groups in total. The third kappa shape index (κ3) is 8.50. The molecule has 0 aliphatic rings. The van der Waals surface area contributed by atoms with Crippen LogP contribution in [-0.4, -0.2) is 31.5 Å². The standard InChI is InChI=1S/C18H27FN2O3/c1-18(2,3)17(23)21-12-10-16(22)20-11-4-5-13-24-15-8-6-14(19)7-9-15/h6-9H,4-5,10-13H2,1-3H3,(H,20,22)(H,21,23). The molecule has 0 spiro atoms. The molecule has 1 rings (SSSR count). The molecule has 0 bridgehead atoms. The van der Waals surface area contributed by atoms with Crippen LogP contribution in [0.5, 0.6) is 5.75 Å². The van der Waals surface area contributed by atoms with Crippen molar-refractivity contribution in [3.8, 4) is 5.75 Å². The van der Waals surface area contributed by atoms with Gasteiger partial charge in [0.2, 0.25) is 11.8 Å². The Morgan fingerprint density at radius 1 is 1.04 bits per heavy atom. The molecule has 0 atom stereocenters. The fourth-order valence-corrected chi connectivity index (χ4v) is 1.82. The Balaban J connectivity index is 2.01. The predicted molar refractivity (Wildman–Crippen MR) is 91.2 cm³/mol. The molecule has 2 amide bonds. The van der Waals surface area contributed by atoms with E-state index in [0.717, 1.165) is 12.8 Å². The molecule has 1 aromatic rings. The van der Waals surface area contributed by atoms with Gasteiger partial charge in [-0.05, 0) is 37.1 Å². The van der Waals surface area contributed by atoms with Crippen LogP contribution in [0.1, 0.15) is 40.0 Å². The minimum Gasteiger partial charge on any atom is -0.494 e. The molecule has 0 unspecified atom stereocenters. The highest BCUT2D eigenvalue weighted by atomic mass is 19.1. The van der Waals surface area contributed by atoms with Crippen LogP contribution in [0.4, 0.5) is 4.39 Å². The van der Waals surface area contributed by atoms with Crippen molar-refractivity contribution in [1.29, 1.82) is 0 Å². The first-order valence-electron chi connectivity index (χ1n) is 8.22. The van der Waals surface area contributed by atoms with Gasteiger partial charge in [-0.3, -0.25) is 9.59 Å². The van der Waals surface area contributed by atoms with Crippen molar-refractivity contribution in [2.75, 3.05) is 19.7 Å². The Morgan fingerprint density at radius 2 is 1.71 bits per heavy atom. The molecule has 5 nitrogen and oxygen atoms in total. The number of halogens is 1. The number of carbonyl (C=O) groups excluding carboxylic acids is 2. The van der Waals surface area contributed by atoms with Crippen LogP contribution in [0.15, 0.2) is 24.3 Å². The lowest BCUT2D eigenvalue weighted by atomic mass is 9.96. The number of ether oxygens (including phenoxy) is 1. The average molecular weight is 338 g/mol. The van der Waals surface area contributed by atoms with Gasteiger partial charge in [0, 0.05) is 24.9 Å². The number of carbonyl (C=O) groups is 2. The fourth-order valence-electron chi connectivity index (χ4n) is 1.82. The topological polar surface area (TPSA) is 67.4 Å². The summed E-state index contributed by atoms with van der Waals surface area (Å²) in [5.74, 6) is 0.204. The maximum absolute atomic E-state index is 12.7. The molecular formula is C18H27FN2O3. The van der Waals surface area contributed by atoms with Gasteiger partial charge in [-0.2, -0.15) is 0 Å². The lowest BCUT2D eigenvalue weighted by Gasteiger charge is -2.17. The van der Waals surface area contributed by atoms with Crippen LogP contribution < -0.4 is 15.4 Å². The summed E-state index contributed by atoms with van der Waals surface area (Å²) < 4.78 is 18.2. The molecule has 134 valence electrons. The SMILES string of the molecule is CC(C)(C)C(=O)NCCC(=O)NCCCCOc1ccc(F)cc1. The molecule has 6 heteroatoms. The van der Waals surface area contributed by atoms with Crippen LogP contribution >= 0.6 is 0 Å². The molecule has 0 aliphatic heterocycles. The summed E-state index contributed by atoms with van der Waals surface area (Å²) in [5.41, 5.74) is -0.443.